The molecule has 0 aromatic heterocycles. The fourth-order valence-electron chi connectivity index (χ4n) is 2.30. The maximum absolute atomic E-state index is 11.3. The first kappa shape index (κ1) is 12.4. The molecule has 0 saturated heterocycles. The van der Waals surface area contributed by atoms with Crippen LogP contribution >= 0.6 is 0 Å². The highest BCUT2D eigenvalue weighted by molar-refractivity contribution is 7.94. The van der Waals surface area contributed by atoms with Gasteiger partial charge in [-0.05, 0) is 22.4 Å². The van der Waals surface area contributed by atoms with Crippen molar-refractivity contribution in [2.45, 2.75) is 12.6 Å². The minimum atomic E-state index is -2.98. The molecule has 4 heteroatoms. The van der Waals surface area contributed by atoms with Crippen LogP contribution in [0.1, 0.15) is 5.56 Å². The van der Waals surface area contributed by atoms with Crippen LogP contribution in [0, 0.1) is 0 Å². The minimum Gasteiger partial charge on any atom is -0.305 e. The maximum Gasteiger partial charge on any atom is 0.173 e. The average molecular weight is 273 g/mol. The van der Waals surface area contributed by atoms with Gasteiger partial charge in [-0.2, -0.15) is 0 Å². The van der Waals surface area contributed by atoms with E-state index in [1.54, 1.807) is 6.08 Å². The van der Waals surface area contributed by atoms with E-state index in [4.69, 9.17) is 0 Å². The van der Waals surface area contributed by atoms with Crippen LogP contribution in [0.15, 0.2) is 53.9 Å². The number of rotatable bonds is 3. The molecule has 0 spiro atoms. The summed E-state index contributed by atoms with van der Waals surface area (Å²) < 4.78 is 22.6. The third-order valence-corrected chi connectivity index (χ3v) is 4.71. The van der Waals surface area contributed by atoms with Gasteiger partial charge in [0.15, 0.2) is 9.84 Å². The van der Waals surface area contributed by atoms with E-state index in [0.29, 0.717) is 6.54 Å². The van der Waals surface area contributed by atoms with Gasteiger partial charge in [-0.15, -0.1) is 0 Å². The topological polar surface area (TPSA) is 46.2 Å². The van der Waals surface area contributed by atoms with Gasteiger partial charge >= 0.3 is 0 Å². The maximum atomic E-state index is 11.3. The van der Waals surface area contributed by atoms with Crippen molar-refractivity contribution in [1.82, 2.24) is 5.32 Å². The molecule has 2 aromatic carbocycles. The van der Waals surface area contributed by atoms with E-state index in [1.165, 1.54) is 16.2 Å². The first-order valence-electron chi connectivity index (χ1n) is 6.24. The van der Waals surface area contributed by atoms with Crippen LogP contribution < -0.4 is 5.32 Å². The molecule has 1 unspecified atom stereocenters. The van der Waals surface area contributed by atoms with Crippen LogP contribution in [0.5, 0.6) is 0 Å². The predicted molar refractivity (Wildman–Crippen MR) is 77.5 cm³/mol. The summed E-state index contributed by atoms with van der Waals surface area (Å²) in [4.78, 5) is 0. The van der Waals surface area contributed by atoms with Gasteiger partial charge in [-0.1, -0.05) is 42.5 Å². The van der Waals surface area contributed by atoms with Crippen LogP contribution in [-0.4, -0.2) is 20.2 Å². The monoisotopic (exact) mass is 273 g/mol. The Morgan fingerprint density at radius 3 is 2.63 bits per heavy atom. The van der Waals surface area contributed by atoms with Crippen molar-refractivity contribution in [1.29, 1.82) is 0 Å². The zero-order chi connectivity index (χ0) is 13.3. The highest BCUT2D eigenvalue weighted by Gasteiger charge is 2.20. The van der Waals surface area contributed by atoms with Crippen LogP contribution in [0.2, 0.25) is 0 Å². The van der Waals surface area contributed by atoms with E-state index >= 15 is 0 Å². The van der Waals surface area contributed by atoms with Gasteiger partial charge in [0.25, 0.3) is 0 Å². The SMILES string of the molecule is O=S1(=O)C=CC(NCc2ccc3ccccc3c2)C1. The quantitative estimate of drug-likeness (QED) is 0.933. The number of hydrogen-bond acceptors (Lipinski definition) is 3. The second-order valence-electron chi connectivity index (χ2n) is 4.83. The molecule has 2 aromatic rings. The van der Waals surface area contributed by atoms with Crippen LogP contribution in [0.4, 0.5) is 0 Å². The van der Waals surface area contributed by atoms with Crippen LogP contribution in [0.25, 0.3) is 10.8 Å². The normalized spacial score (nSPS) is 20.9. The summed E-state index contributed by atoms with van der Waals surface area (Å²) in [5, 5.41) is 6.97. The first-order chi connectivity index (χ1) is 9.12. The smallest absolute Gasteiger partial charge is 0.173 e. The Balaban J connectivity index is 1.71. The lowest BCUT2D eigenvalue weighted by Gasteiger charge is -2.10. The molecular formula is C15H15NO2S. The third kappa shape index (κ3) is 2.85. The molecule has 0 saturated carbocycles. The molecule has 0 amide bonds. The van der Waals surface area contributed by atoms with Crippen molar-refractivity contribution >= 4 is 20.6 Å². The summed E-state index contributed by atoms with van der Waals surface area (Å²) in [5.41, 5.74) is 1.16. The largest absolute Gasteiger partial charge is 0.305 e. The molecule has 1 aliphatic heterocycles. The molecule has 0 radical (unpaired) electrons. The van der Waals surface area contributed by atoms with Crippen molar-refractivity contribution in [3.8, 4) is 0 Å². The van der Waals surface area contributed by atoms with Gasteiger partial charge in [-0.3, -0.25) is 0 Å². The molecule has 3 nitrogen and oxygen atoms in total. The number of nitrogens with one attached hydrogen (secondary N) is 1. The van der Waals surface area contributed by atoms with Crippen molar-refractivity contribution in [2.75, 3.05) is 5.75 Å². The van der Waals surface area contributed by atoms with Crippen molar-refractivity contribution < 1.29 is 8.42 Å². The molecule has 1 atom stereocenters. The Bertz CT molecular complexity index is 735. The molecule has 3 rings (SSSR count). The average Bonchev–Trinajstić information content (AvgIpc) is 2.76. The number of hydrogen-bond donors (Lipinski definition) is 1. The summed E-state index contributed by atoms with van der Waals surface area (Å²) in [6.45, 7) is 0.676. The zero-order valence-electron chi connectivity index (χ0n) is 10.4. The standard InChI is InChI=1S/C15H15NO2S/c17-19(18)8-7-15(11-19)16-10-12-5-6-13-3-1-2-4-14(13)9-12/h1-9,15-16H,10-11H2. The molecule has 0 bridgehead atoms. The highest BCUT2D eigenvalue weighted by atomic mass is 32.2. The van der Waals surface area contributed by atoms with E-state index < -0.39 is 9.84 Å². The lowest BCUT2D eigenvalue weighted by molar-refractivity contribution is 0.590. The molecule has 0 aliphatic carbocycles. The highest BCUT2D eigenvalue weighted by Crippen LogP contribution is 2.16. The van der Waals surface area contributed by atoms with Gasteiger partial charge in [-0.25, -0.2) is 8.42 Å². The lowest BCUT2D eigenvalue weighted by atomic mass is 10.1. The van der Waals surface area contributed by atoms with Crippen molar-refractivity contribution in [2.24, 2.45) is 0 Å². The van der Waals surface area contributed by atoms with Gasteiger partial charge in [0.05, 0.1) is 5.75 Å². The van der Waals surface area contributed by atoms with Crippen LogP contribution in [0.3, 0.4) is 0 Å². The Kier molecular flexibility index (Phi) is 3.12. The molecule has 1 aliphatic rings. The molecule has 19 heavy (non-hydrogen) atoms. The second-order valence-corrected chi connectivity index (χ2v) is 6.76. The van der Waals surface area contributed by atoms with E-state index in [9.17, 15) is 8.42 Å². The van der Waals surface area contributed by atoms with Crippen molar-refractivity contribution in [3.63, 3.8) is 0 Å². The van der Waals surface area contributed by atoms with Crippen LogP contribution in [-0.2, 0) is 16.4 Å². The van der Waals surface area contributed by atoms with E-state index in [0.717, 1.165) is 5.56 Å². The number of fused-ring (bicyclic) bond motifs is 1. The molecule has 1 heterocycles. The molecule has 1 N–H and O–H groups in total. The molecule has 0 fully saturated rings. The fraction of sp³-hybridized carbons (Fsp3) is 0.200. The summed E-state index contributed by atoms with van der Waals surface area (Å²) in [7, 11) is -2.98. The van der Waals surface area contributed by atoms with Gasteiger partial charge < -0.3 is 5.32 Å². The minimum absolute atomic E-state index is 0.0727. The molecule has 98 valence electrons. The van der Waals surface area contributed by atoms with E-state index in [2.05, 4.69) is 35.6 Å². The molecular weight excluding hydrogens is 258 g/mol. The Morgan fingerprint density at radius 1 is 1.11 bits per heavy atom. The summed E-state index contributed by atoms with van der Waals surface area (Å²) in [6.07, 6.45) is 1.72. The Hall–Kier alpha value is -1.65. The van der Waals surface area contributed by atoms with E-state index in [1.807, 2.05) is 12.1 Å². The van der Waals surface area contributed by atoms with Crippen molar-refractivity contribution in [3.05, 3.63) is 59.5 Å². The Morgan fingerprint density at radius 2 is 1.89 bits per heavy atom. The summed E-state index contributed by atoms with van der Waals surface area (Å²) in [5.74, 6) is 0.167. The first-order valence-corrected chi connectivity index (χ1v) is 7.96. The Labute approximate surface area is 112 Å². The van der Waals surface area contributed by atoms with Gasteiger partial charge in [0.1, 0.15) is 0 Å². The van der Waals surface area contributed by atoms with Gasteiger partial charge in [0.2, 0.25) is 0 Å². The van der Waals surface area contributed by atoms with Gasteiger partial charge in [0, 0.05) is 18.0 Å². The predicted octanol–water partition coefficient (Wildman–Crippen LogP) is 2.24. The fourth-order valence-corrected chi connectivity index (χ4v) is 3.57. The zero-order valence-corrected chi connectivity index (χ0v) is 11.2. The second kappa shape index (κ2) is 4.79. The summed E-state index contributed by atoms with van der Waals surface area (Å²) in [6, 6.07) is 14.4. The number of benzene rings is 2. The number of sulfone groups is 1. The van der Waals surface area contributed by atoms with E-state index in [-0.39, 0.29) is 11.8 Å². The lowest BCUT2D eigenvalue weighted by Crippen LogP contribution is -2.29. The third-order valence-electron chi connectivity index (χ3n) is 3.31. The summed E-state index contributed by atoms with van der Waals surface area (Å²) >= 11 is 0.